The van der Waals surface area contributed by atoms with Crippen LogP contribution in [0.1, 0.15) is 10.4 Å². The normalized spacial score (nSPS) is 10.5. The standard InChI is InChI=1S/C17H12ClN3O3S2/c1-25-12-5-2-10(3-6-12)14-9-26-17(19-14)20-16(22)11-4-7-13(18)15(8-11)21(23)24/h2-9H,1H3,(H,19,20,22). The summed E-state index contributed by atoms with van der Waals surface area (Å²) in [6.45, 7) is 0. The third kappa shape index (κ3) is 4.04. The van der Waals surface area contributed by atoms with Gasteiger partial charge in [-0.3, -0.25) is 20.2 Å². The highest BCUT2D eigenvalue weighted by Crippen LogP contribution is 2.28. The topological polar surface area (TPSA) is 85.1 Å². The number of carbonyl (C=O) groups is 1. The molecule has 2 aromatic carbocycles. The number of nitrogens with one attached hydrogen (secondary N) is 1. The van der Waals surface area contributed by atoms with E-state index in [9.17, 15) is 14.9 Å². The van der Waals surface area contributed by atoms with Gasteiger partial charge in [-0.05, 0) is 30.5 Å². The van der Waals surface area contributed by atoms with E-state index in [1.165, 1.54) is 23.5 Å². The second-order valence-electron chi connectivity index (χ2n) is 5.14. The summed E-state index contributed by atoms with van der Waals surface area (Å²) >= 11 is 8.70. The summed E-state index contributed by atoms with van der Waals surface area (Å²) in [5, 5.41) is 15.8. The van der Waals surface area contributed by atoms with E-state index in [1.54, 1.807) is 11.8 Å². The van der Waals surface area contributed by atoms with Crippen LogP contribution >= 0.6 is 34.7 Å². The van der Waals surface area contributed by atoms with Crippen molar-refractivity contribution in [1.29, 1.82) is 0 Å². The molecule has 6 nitrogen and oxygen atoms in total. The van der Waals surface area contributed by atoms with E-state index >= 15 is 0 Å². The van der Waals surface area contributed by atoms with Gasteiger partial charge < -0.3 is 0 Å². The van der Waals surface area contributed by atoms with Crippen molar-refractivity contribution in [2.24, 2.45) is 0 Å². The lowest BCUT2D eigenvalue weighted by Gasteiger charge is -2.03. The van der Waals surface area contributed by atoms with Gasteiger partial charge in [-0.2, -0.15) is 0 Å². The van der Waals surface area contributed by atoms with E-state index in [1.807, 2.05) is 35.9 Å². The van der Waals surface area contributed by atoms with Crippen molar-refractivity contribution in [1.82, 2.24) is 4.98 Å². The van der Waals surface area contributed by atoms with Gasteiger partial charge in [0.15, 0.2) is 5.13 Å². The van der Waals surface area contributed by atoms with Crippen LogP contribution in [0.3, 0.4) is 0 Å². The Balaban J connectivity index is 1.77. The summed E-state index contributed by atoms with van der Waals surface area (Å²) in [6, 6.07) is 11.8. The van der Waals surface area contributed by atoms with Crippen molar-refractivity contribution in [3.63, 3.8) is 0 Å². The van der Waals surface area contributed by atoms with Gasteiger partial charge in [0, 0.05) is 27.5 Å². The SMILES string of the molecule is CSc1ccc(-c2csc(NC(=O)c3ccc(Cl)c([N+](=O)[O-])c3)n2)cc1. The molecule has 0 fully saturated rings. The fraction of sp³-hybridized carbons (Fsp3) is 0.0588. The molecule has 0 atom stereocenters. The molecule has 0 aliphatic carbocycles. The van der Waals surface area contributed by atoms with Crippen LogP contribution in [-0.2, 0) is 0 Å². The lowest BCUT2D eigenvalue weighted by atomic mass is 10.2. The van der Waals surface area contributed by atoms with Crippen LogP contribution in [0, 0.1) is 10.1 Å². The molecule has 0 radical (unpaired) electrons. The molecule has 0 aliphatic rings. The summed E-state index contributed by atoms with van der Waals surface area (Å²) in [5.74, 6) is -0.483. The number of aromatic nitrogens is 1. The molecule has 0 spiro atoms. The predicted molar refractivity (Wildman–Crippen MR) is 105 cm³/mol. The van der Waals surface area contributed by atoms with Gasteiger partial charge in [0.05, 0.1) is 10.6 Å². The fourth-order valence-electron chi connectivity index (χ4n) is 2.19. The molecule has 9 heteroatoms. The Kier molecular flexibility index (Phi) is 5.55. The fourth-order valence-corrected chi connectivity index (χ4v) is 3.50. The number of rotatable bonds is 5. The molecule has 0 unspecified atom stereocenters. The third-order valence-corrected chi connectivity index (χ3v) is 5.34. The highest BCUT2D eigenvalue weighted by molar-refractivity contribution is 7.98. The Morgan fingerprint density at radius 2 is 2.00 bits per heavy atom. The Hall–Kier alpha value is -2.42. The first-order valence-corrected chi connectivity index (χ1v) is 9.81. The van der Waals surface area contributed by atoms with Crippen molar-refractivity contribution in [2.75, 3.05) is 11.6 Å². The van der Waals surface area contributed by atoms with Gasteiger partial charge >= 0.3 is 0 Å². The summed E-state index contributed by atoms with van der Waals surface area (Å²) in [5.41, 5.74) is 1.52. The number of benzene rings is 2. The molecule has 3 aromatic rings. The van der Waals surface area contributed by atoms with Crippen molar-refractivity contribution in [3.05, 3.63) is 68.5 Å². The Labute approximate surface area is 162 Å². The van der Waals surface area contributed by atoms with Crippen LogP contribution in [0.2, 0.25) is 5.02 Å². The van der Waals surface area contributed by atoms with Crippen molar-refractivity contribution >= 4 is 51.4 Å². The first-order valence-electron chi connectivity index (χ1n) is 7.33. The number of hydrogen-bond acceptors (Lipinski definition) is 6. The first kappa shape index (κ1) is 18.4. The molecule has 1 aromatic heterocycles. The maximum absolute atomic E-state index is 12.3. The Morgan fingerprint density at radius 3 is 2.65 bits per heavy atom. The van der Waals surface area contributed by atoms with Crippen LogP contribution in [0.25, 0.3) is 11.3 Å². The van der Waals surface area contributed by atoms with E-state index in [-0.39, 0.29) is 16.3 Å². The van der Waals surface area contributed by atoms with E-state index in [2.05, 4.69) is 10.3 Å². The molecule has 26 heavy (non-hydrogen) atoms. The van der Waals surface area contributed by atoms with Crippen LogP contribution in [0.15, 0.2) is 52.7 Å². The van der Waals surface area contributed by atoms with E-state index < -0.39 is 10.8 Å². The summed E-state index contributed by atoms with van der Waals surface area (Å²) < 4.78 is 0. The number of thiazole rings is 1. The Bertz CT molecular complexity index is 974. The number of anilines is 1. The van der Waals surface area contributed by atoms with E-state index in [4.69, 9.17) is 11.6 Å². The molecule has 3 rings (SSSR count). The van der Waals surface area contributed by atoms with Crippen molar-refractivity contribution in [3.8, 4) is 11.3 Å². The highest BCUT2D eigenvalue weighted by atomic mass is 35.5. The molecular weight excluding hydrogens is 394 g/mol. The van der Waals surface area contributed by atoms with Crippen molar-refractivity contribution < 1.29 is 9.72 Å². The van der Waals surface area contributed by atoms with Gasteiger partial charge in [-0.25, -0.2) is 4.98 Å². The van der Waals surface area contributed by atoms with Crippen molar-refractivity contribution in [2.45, 2.75) is 4.90 Å². The van der Waals surface area contributed by atoms with E-state index in [0.29, 0.717) is 5.13 Å². The second kappa shape index (κ2) is 7.86. The number of carbonyl (C=O) groups excluding carboxylic acids is 1. The second-order valence-corrected chi connectivity index (χ2v) is 7.29. The van der Waals surface area contributed by atoms with Crippen LogP contribution < -0.4 is 5.32 Å². The number of halogens is 1. The maximum atomic E-state index is 12.3. The number of nitro groups is 1. The van der Waals surface area contributed by atoms with Gasteiger partial charge in [-0.1, -0.05) is 23.7 Å². The number of nitro benzene ring substituents is 1. The zero-order valence-corrected chi connectivity index (χ0v) is 15.8. The smallest absolute Gasteiger partial charge is 0.288 e. The minimum absolute atomic E-state index is 0.0169. The average Bonchev–Trinajstić information content (AvgIpc) is 3.10. The zero-order chi connectivity index (χ0) is 18.7. The molecule has 132 valence electrons. The van der Waals surface area contributed by atoms with Gasteiger partial charge in [0.2, 0.25) is 0 Å². The van der Waals surface area contributed by atoms with E-state index in [0.717, 1.165) is 22.2 Å². The summed E-state index contributed by atoms with van der Waals surface area (Å²) in [7, 11) is 0. The molecular formula is C17H12ClN3O3S2. The quantitative estimate of drug-likeness (QED) is 0.351. The molecule has 0 saturated carbocycles. The van der Waals surface area contributed by atoms with Crippen LogP contribution in [-0.4, -0.2) is 22.1 Å². The number of hydrogen-bond donors (Lipinski definition) is 1. The lowest BCUT2D eigenvalue weighted by molar-refractivity contribution is -0.384. The summed E-state index contributed by atoms with van der Waals surface area (Å²) in [4.78, 5) is 28.2. The molecule has 1 amide bonds. The molecule has 1 heterocycles. The third-order valence-electron chi connectivity index (χ3n) is 3.52. The van der Waals surface area contributed by atoms with Gasteiger partial charge in [0.25, 0.3) is 11.6 Å². The molecule has 1 N–H and O–H groups in total. The number of thioether (sulfide) groups is 1. The van der Waals surface area contributed by atoms with Crippen LogP contribution in [0.4, 0.5) is 10.8 Å². The molecule has 0 aliphatic heterocycles. The van der Waals surface area contributed by atoms with Gasteiger partial charge in [0.1, 0.15) is 5.02 Å². The van der Waals surface area contributed by atoms with Crippen LogP contribution in [0.5, 0.6) is 0 Å². The zero-order valence-electron chi connectivity index (χ0n) is 13.4. The number of amides is 1. The molecule has 0 saturated heterocycles. The Morgan fingerprint density at radius 1 is 1.27 bits per heavy atom. The monoisotopic (exact) mass is 405 g/mol. The minimum atomic E-state index is -0.626. The first-order chi connectivity index (χ1) is 12.5. The largest absolute Gasteiger partial charge is 0.298 e. The molecule has 0 bridgehead atoms. The maximum Gasteiger partial charge on any atom is 0.288 e. The highest BCUT2D eigenvalue weighted by Gasteiger charge is 2.17. The van der Waals surface area contributed by atoms with Gasteiger partial charge in [-0.15, -0.1) is 23.1 Å². The average molecular weight is 406 g/mol. The number of nitrogens with zero attached hydrogens (tertiary/aromatic N) is 2. The lowest BCUT2D eigenvalue weighted by Crippen LogP contribution is -2.12. The summed E-state index contributed by atoms with van der Waals surface area (Å²) in [6.07, 6.45) is 2.01. The minimum Gasteiger partial charge on any atom is -0.298 e. The predicted octanol–water partition coefficient (Wildman–Crippen LogP) is 5.35.